The maximum absolute atomic E-state index is 11.0. The Morgan fingerprint density at radius 1 is 1.56 bits per heavy atom. The molecule has 7 nitrogen and oxygen atoms in total. The molecule has 0 radical (unpaired) electrons. The molecule has 1 N–H and O–H groups in total. The second kappa shape index (κ2) is 5.24. The summed E-state index contributed by atoms with van der Waals surface area (Å²) in [5.41, 5.74) is -0.776. The molecular weight excluding hydrogens is 214 g/mol. The number of nitrogens with one attached hydrogen (secondary N) is 1. The molecule has 1 aromatic heterocycles. The minimum Gasteiger partial charge on any atom is -0.473 e. The predicted octanol–water partition coefficient (Wildman–Crippen LogP) is 1.17. The van der Waals surface area contributed by atoms with Gasteiger partial charge in [-0.2, -0.15) is 4.98 Å². The van der Waals surface area contributed by atoms with E-state index in [0.29, 0.717) is 6.61 Å². The number of aromatic amines is 1. The summed E-state index contributed by atoms with van der Waals surface area (Å²) in [6.07, 6.45) is 1.65. The van der Waals surface area contributed by atoms with Gasteiger partial charge < -0.3 is 9.72 Å². The number of H-pyrrole nitrogens is 1. The third-order valence-electron chi connectivity index (χ3n) is 1.97. The molecule has 0 aromatic carbocycles. The van der Waals surface area contributed by atoms with Crippen LogP contribution in [0, 0.1) is 17.0 Å². The summed E-state index contributed by atoms with van der Waals surface area (Å²) in [4.78, 5) is 26.9. The normalized spacial score (nSPS) is 10.1. The Hall–Kier alpha value is -1.92. The van der Waals surface area contributed by atoms with Crippen molar-refractivity contribution in [1.29, 1.82) is 0 Å². The highest BCUT2D eigenvalue weighted by molar-refractivity contribution is 5.43. The molecule has 0 spiro atoms. The van der Waals surface area contributed by atoms with Crippen molar-refractivity contribution in [2.24, 2.45) is 0 Å². The number of rotatable bonds is 5. The molecule has 1 aromatic rings. The van der Waals surface area contributed by atoms with Crippen molar-refractivity contribution < 1.29 is 9.66 Å². The van der Waals surface area contributed by atoms with Crippen LogP contribution >= 0.6 is 0 Å². The summed E-state index contributed by atoms with van der Waals surface area (Å²) in [7, 11) is 0. The first-order chi connectivity index (χ1) is 7.56. The Bertz CT molecular complexity index is 441. The van der Waals surface area contributed by atoms with E-state index in [1.54, 1.807) is 0 Å². The topological polar surface area (TPSA) is 98.1 Å². The van der Waals surface area contributed by atoms with Crippen molar-refractivity contribution in [3.8, 4) is 5.88 Å². The zero-order valence-corrected chi connectivity index (χ0v) is 9.15. The second-order valence-electron chi connectivity index (χ2n) is 3.28. The molecule has 0 saturated carbocycles. The van der Waals surface area contributed by atoms with Crippen molar-refractivity contribution in [2.45, 2.75) is 26.7 Å². The molecule has 0 unspecified atom stereocenters. The van der Waals surface area contributed by atoms with Gasteiger partial charge in [-0.15, -0.1) is 0 Å². The molecule has 88 valence electrons. The van der Waals surface area contributed by atoms with Crippen molar-refractivity contribution in [1.82, 2.24) is 9.97 Å². The predicted molar refractivity (Wildman–Crippen MR) is 56.7 cm³/mol. The van der Waals surface area contributed by atoms with Gasteiger partial charge in [-0.25, -0.2) is 4.79 Å². The molecule has 0 amide bonds. The van der Waals surface area contributed by atoms with Crippen molar-refractivity contribution in [2.75, 3.05) is 6.61 Å². The van der Waals surface area contributed by atoms with Crippen LogP contribution in [-0.4, -0.2) is 21.5 Å². The fourth-order valence-electron chi connectivity index (χ4n) is 1.18. The lowest BCUT2D eigenvalue weighted by atomic mass is 10.3. The lowest BCUT2D eigenvalue weighted by Gasteiger charge is -2.05. The van der Waals surface area contributed by atoms with Crippen LogP contribution < -0.4 is 10.4 Å². The Kier molecular flexibility index (Phi) is 3.98. The monoisotopic (exact) mass is 227 g/mol. The van der Waals surface area contributed by atoms with Gasteiger partial charge >= 0.3 is 17.3 Å². The summed E-state index contributed by atoms with van der Waals surface area (Å²) < 4.78 is 5.13. The van der Waals surface area contributed by atoms with Crippen LogP contribution in [0.25, 0.3) is 0 Å². The maximum atomic E-state index is 11.0. The summed E-state index contributed by atoms with van der Waals surface area (Å²) in [6, 6.07) is 0. The standard InChI is InChI=1S/C9H13N3O4/c1-3-4-5-16-8-7(12(14)15)6(2)10-9(13)11-8/h3-5H2,1-2H3,(H,10,11,13). The van der Waals surface area contributed by atoms with E-state index in [1.807, 2.05) is 6.92 Å². The van der Waals surface area contributed by atoms with Gasteiger partial charge in [0.25, 0.3) is 0 Å². The fourth-order valence-corrected chi connectivity index (χ4v) is 1.18. The van der Waals surface area contributed by atoms with Crippen LogP contribution in [0.5, 0.6) is 5.88 Å². The highest BCUT2D eigenvalue weighted by atomic mass is 16.6. The number of nitrogens with zero attached hydrogens (tertiary/aromatic N) is 2. The maximum Gasteiger partial charge on any atom is 0.349 e. The van der Waals surface area contributed by atoms with Crippen LogP contribution in [0.3, 0.4) is 0 Å². The Morgan fingerprint density at radius 2 is 2.25 bits per heavy atom. The first kappa shape index (κ1) is 12.2. The van der Waals surface area contributed by atoms with E-state index in [0.717, 1.165) is 12.8 Å². The van der Waals surface area contributed by atoms with Crippen LogP contribution in [0.1, 0.15) is 25.5 Å². The second-order valence-corrected chi connectivity index (χ2v) is 3.28. The molecule has 7 heteroatoms. The first-order valence-electron chi connectivity index (χ1n) is 4.94. The van der Waals surface area contributed by atoms with Gasteiger partial charge in [0, 0.05) is 0 Å². The lowest BCUT2D eigenvalue weighted by molar-refractivity contribution is -0.387. The quantitative estimate of drug-likeness (QED) is 0.462. The molecule has 0 aliphatic carbocycles. The van der Waals surface area contributed by atoms with Gasteiger partial charge in [0.2, 0.25) is 0 Å². The van der Waals surface area contributed by atoms with Crippen LogP contribution in [0.2, 0.25) is 0 Å². The molecule has 0 aliphatic heterocycles. The molecular formula is C9H13N3O4. The van der Waals surface area contributed by atoms with E-state index in [-0.39, 0.29) is 17.3 Å². The third kappa shape index (κ3) is 2.78. The smallest absolute Gasteiger partial charge is 0.349 e. The van der Waals surface area contributed by atoms with E-state index >= 15 is 0 Å². The summed E-state index contributed by atoms with van der Waals surface area (Å²) in [6.45, 7) is 3.72. The molecule has 16 heavy (non-hydrogen) atoms. The van der Waals surface area contributed by atoms with Crippen molar-refractivity contribution in [3.63, 3.8) is 0 Å². The van der Waals surface area contributed by atoms with Crippen LogP contribution in [0.15, 0.2) is 4.79 Å². The van der Waals surface area contributed by atoms with E-state index < -0.39 is 10.6 Å². The van der Waals surface area contributed by atoms with Gasteiger partial charge in [0.15, 0.2) is 0 Å². The molecule has 1 heterocycles. The molecule has 0 fully saturated rings. The van der Waals surface area contributed by atoms with Gasteiger partial charge in [-0.1, -0.05) is 13.3 Å². The van der Waals surface area contributed by atoms with Crippen LogP contribution in [-0.2, 0) is 0 Å². The van der Waals surface area contributed by atoms with Gasteiger partial charge in [0.1, 0.15) is 5.69 Å². The molecule has 0 aliphatic rings. The largest absolute Gasteiger partial charge is 0.473 e. The minimum atomic E-state index is -0.644. The Labute approximate surface area is 91.6 Å². The Balaban J connectivity index is 3.04. The average molecular weight is 227 g/mol. The van der Waals surface area contributed by atoms with E-state index in [4.69, 9.17) is 4.74 Å². The summed E-state index contributed by atoms with van der Waals surface area (Å²) >= 11 is 0. The Morgan fingerprint density at radius 3 is 2.81 bits per heavy atom. The number of nitro groups is 1. The number of hydrogen-bond donors (Lipinski definition) is 1. The molecule has 1 rings (SSSR count). The molecule has 0 atom stereocenters. The fraction of sp³-hybridized carbons (Fsp3) is 0.556. The highest BCUT2D eigenvalue weighted by Crippen LogP contribution is 2.24. The van der Waals surface area contributed by atoms with Gasteiger partial charge in [-0.3, -0.25) is 10.1 Å². The zero-order chi connectivity index (χ0) is 12.1. The number of aromatic nitrogens is 2. The number of ether oxygens (including phenoxy) is 1. The van der Waals surface area contributed by atoms with E-state index in [1.165, 1.54) is 6.92 Å². The van der Waals surface area contributed by atoms with Gasteiger partial charge in [-0.05, 0) is 13.3 Å². The highest BCUT2D eigenvalue weighted by Gasteiger charge is 2.21. The summed E-state index contributed by atoms with van der Waals surface area (Å²) in [5.74, 6) is -0.209. The number of unbranched alkanes of at least 4 members (excludes halogenated alkanes) is 1. The van der Waals surface area contributed by atoms with Crippen molar-refractivity contribution >= 4 is 5.69 Å². The average Bonchev–Trinajstić information content (AvgIpc) is 2.16. The minimum absolute atomic E-state index is 0.150. The van der Waals surface area contributed by atoms with Gasteiger partial charge in [0.05, 0.1) is 11.5 Å². The molecule has 0 saturated heterocycles. The number of hydrogen-bond acceptors (Lipinski definition) is 5. The molecule has 0 bridgehead atoms. The SMILES string of the molecule is CCCCOc1nc(=O)[nH]c(C)c1[N+](=O)[O-]. The third-order valence-corrected chi connectivity index (χ3v) is 1.97. The first-order valence-corrected chi connectivity index (χ1v) is 4.94. The van der Waals surface area contributed by atoms with E-state index in [9.17, 15) is 14.9 Å². The van der Waals surface area contributed by atoms with E-state index in [2.05, 4.69) is 9.97 Å². The number of aryl methyl sites for hydroxylation is 1. The summed E-state index contributed by atoms with van der Waals surface area (Å²) in [5, 5.41) is 10.8. The zero-order valence-electron chi connectivity index (χ0n) is 9.15. The lowest BCUT2D eigenvalue weighted by Crippen LogP contribution is -2.16. The van der Waals surface area contributed by atoms with Crippen molar-refractivity contribution in [3.05, 3.63) is 26.3 Å². The van der Waals surface area contributed by atoms with Crippen LogP contribution in [0.4, 0.5) is 5.69 Å².